The van der Waals surface area contributed by atoms with Gasteiger partial charge >= 0.3 is 0 Å². The normalized spacial score (nSPS) is 10.7. The molecule has 0 saturated heterocycles. The highest BCUT2D eigenvalue weighted by Crippen LogP contribution is 2.20. The average molecular weight is 294 g/mol. The van der Waals surface area contributed by atoms with E-state index in [9.17, 15) is 0 Å². The molecule has 0 atom stereocenters. The molecule has 1 N–H and O–H groups in total. The van der Waals surface area contributed by atoms with E-state index in [2.05, 4.69) is 36.5 Å². The first-order valence-corrected chi connectivity index (χ1v) is 7.17. The van der Waals surface area contributed by atoms with Crippen LogP contribution in [0.4, 0.5) is 0 Å². The molecule has 0 fully saturated rings. The maximum Gasteiger partial charge on any atom is 0.0465 e. The van der Waals surface area contributed by atoms with Crippen molar-refractivity contribution in [3.63, 3.8) is 0 Å². The summed E-state index contributed by atoms with van der Waals surface area (Å²) in [5, 5.41) is 4.77. The van der Waals surface area contributed by atoms with Crippen LogP contribution in [0.5, 0.6) is 0 Å². The zero-order valence-electron chi connectivity index (χ0n) is 10.9. The zero-order valence-corrected chi connectivity index (χ0v) is 12.4. The fourth-order valence-electron chi connectivity index (χ4n) is 1.90. The topological polar surface area (TPSA) is 12.0 Å². The summed E-state index contributed by atoms with van der Waals surface area (Å²) in [6.45, 7) is 3.74. The van der Waals surface area contributed by atoms with E-state index < -0.39 is 0 Å². The maximum atomic E-state index is 6.13. The Balaban J connectivity index is 1.88. The molecule has 0 unspecified atom stereocenters. The molecule has 0 aliphatic heterocycles. The van der Waals surface area contributed by atoms with Gasteiger partial charge in [0.2, 0.25) is 0 Å². The Hall–Kier alpha value is -1.02. The van der Waals surface area contributed by atoms with Crippen molar-refractivity contribution in [2.24, 2.45) is 0 Å². The minimum Gasteiger partial charge on any atom is -0.309 e. The fourth-order valence-corrected chi connectivity index (χ4v) is 2.37. The van der Waals surface area contributed by atoms with Crippen LogP contribution < -0.4 is 5.32 Å². The summed E-state index contributed by atoms with van der Waals surface area (Å²) in [7, 11) is 0. The van der Waals surface area contributed by atoms with E-state index in [1.54, 1.807) is 6.07 Å². The molecule has 0 saturated carbocycles. The van der Waals surface area contributed by atoms with Gasteiger partial charge in [0.25, 0.3) is 0 Å². The van der Waals surface area contributed by atoms with Crippen molar-refractivity contribution in [1.29, 1.82) is 0 Å². The van der Waals surface area contributed by atoms with Crippen molar-refractivity contribution < 1.29 is 0 Å². The molecule has 0 aliphatic rings. The van der Waals surface area contributed by atoms with Crippen molar-refractivity contribution in [3.05, 3.63) is 69.2 Å². The highest BCUT2D eigenvalue weighted by molar-refractivity contribution is 6.35. The molecule has 0 amide bonds. The molecule has 0 radical (unpaired) electrons. The Morgan fingerprint density at radius 1 is 0.895 bits per heavy atom. The predicted molar refractivity (Wildman–Crippen MR) is 82.8 cm³/mol. The third-order valence-electron chi connectivity index (χ3n) is 3.09. The second kappa shape index (κ2) is 6.95. The Kier molecular flexibility index (Phi) is 5.26. The number of nitrogens with one attached hydrogen (secondary N) is 1. The van der Waals surface area contributed by atoms with Gasteiger partial charge in [-0.25, -0.2) is 0 Å². The van der Waals surface area contributed by atoms with Crippen LogP contribution in [0.2, 0.25) is 10.0 Å². The number of halogens is 2. The van der Waals surface area contributed by atoms with Gasteiger partial charge in [-0.15, -0.1) is 0 Å². The molecule has 2 aromatic rings. The van der Waals surface area contributed by atoms with E-state index in [4.69, 9.17) is 23.2 Å². The monoisotopic (exact) mass is 293 g/mol. The Morgan fingerprint density at radius 3 is 2.21 bits per heavy atom. The van der Waals surface area contributed by atoms with Gasteiger partial charge in [0.15, 0.2) is 0 Å². The smallest absolute Gasteiger partial charge is 0.0465 e. The standard InChI is InChI=1S/C16H17Cl2N/c1-2-12-3-5-13(6-4-12)10-19-11-14-7-8-15(17)9-16(14)18/h3-9,19H,2,10-11H2,1H3. The van der Waals surface area contributed by atoms with E-state index in [1.807, 2.05) is 12.1 Å². The van der Waals surface area contributed by atoms with Gasteiger partial charge in [0.05, 0.1) is 0 Å². The molecule has 19 heavy (non-hydrogen) atoms. The molecule has 1 nitrogen and oxygen atoms in total. The lowest BCUT2D eigenvalue weighted by molar-refractivity contribution is 0.693. The summed E-state index contributed by atoms with van der Waals surface area (Å²) in [4.78, 5) is 0. The molecular formula is C16H17Cl2N. The first-order chi connectivity index (χ1) is 9.19. The summed E-state index contributed by atoms with van der Waals surface area (Å²) in [6.07, 6.45) is 1.08. The van der Waals surface area contributed by atoms with Crippen LogP contribution in [0.3, 0.4) is 0 Å². The SMILES string of the molecule is CCc1ccc(CNCc2ccc(Cl)cc2Cl)cc1. The highest BCUT2D eigenvalue weighted by atomic mass is 35.5. The second-order valence-corrected chi connectivity index (χ2v) is 5.35. The van der Waals surface area contributed by atoms with Gasteiger partial charge in [-0.2, -0.15) is 0 Å². The molecule has 0 aliphatic carbocycles. The van der Waals surface area contributed by atoms with E-state index in [-0.39, 0.29) is 0 Å². The minimum absolute atomic E-state index is 0.670. The Morgan fingerprint density at radius 2 is 1.58 bits per heavy atom. The summed E-state index contributed by atoms with van der Waals surface area (Å²) in [5.41, 5.74) is 3.71. The number of rotatable bonds is 5. The van der Waals surface area contributed by atoms with E-state index in [0.29, 0.717) is 10.0 Å². The average Bonchev–Trinajstić information content (AvgIpc) is 2.42. The molecule has 0 heterocycles. The number of hydrogen-bond acceptors (Lipinski definition) is 1. The van der Waals surface area contributed by atoms with Gasteiger partial charge in [-0.1, -0.05) is 60.5 Å². The van der Waals surface area contributed by atoms with Gasteiger partial charge in [0, 0.05) is 23.1 Å². The zero-order chi connectivity index (χ0) is 13.7. The fraction of sp³-hybridized carbons (Fsp3) is 0.250. The van der Waals surface area contributed by atoms with Crippen LogP contribution in [-0.4, -0.2) is 0 Å². The van der Waals surface area contributed by atoms with Gasteiger partial charge in [-0.05, 0) is 35.2 Å². The van der Waals surface area contributed by atoms with E-state index in [1.165, 1.54) is 11.1 Å². The molecule has 3 heteroatoms. The van der Waals surface area contributed by atoms with Crippen LogP contribution in [0.15, 0.2) is 42.5 Å². The maximum absolute atomic E-state index is 6.13. The lowest BCUT2D eigenvalue weighted by Gasteiger charge is -2.08. The lowest BCUT2D eigenvalue weighted by atomic mass is 10.1. The Labute approximate surface area is 124 Å². The molecule has 0 bridgehead atoms. The number of benzene rings is 2. The Bertz CT molecular complexity index is 535. The van der Waals surface area contributed by atoms with Crippen LogP contribution in [0, 0.1) is 0 Å². The summed E-state index contributed by atoms with van der Waals surface area (Å²) < 4.78 is 0. The summed E-state index contributed by atoms with van der Waals surface area (Å²) >= 11 is 12.0. The molecule has 2 aromatic carbocycles. The molecule has 0 spiro atoms. The number of hydrogen-bond donors (Lipinski definition) is 1. The van der Waals surface area contributed by atoms with Gasteiger partial charge in [0.1, 0.15) is 0 Å². The van der Waals surface area contributed by atoms with E-state index >= 15 is 0 Å². The third kappa shape index (κ3) is 4.24. The minimum atomic E-state index is 0.670. The lowest BCUT2D eigenvalue weighted by Crippen LogP contribution is -2.12. The van der Waals surface area contributed by atoms with Crippen molar-refractivity contribution in [1.82, 2.24) is 5.32 Å². The summed E-state index contributed by atoms with van der Waals surface area (Å²) in [5.74, 6) is 0. The first-order valence-electron chi connectivity index (χ1n) is 6.41. The second-order valence-electron chi connectivity index (χ2n) is 4.51. The molecule has 100 valence electrons. The van der Waals surface area contributed by atoms with Crippen molar-refractivity contribution >= 4 is 23.2 Å². The highest BCUT2D eigenvalue weighted by Gasteiger charge is 2.01. The van der Waals surface area contributed by atoms with Gasteiger partial charge < -0.3 is 5.32 Å². The van der Waals surface area contributed by atoms with Crippen molar-refractivity contribution in [3.8, 4) is 0 Å². The first kappa shape index (κ1) is 14.4. The molecule has 2 rings (SSSR count). The number of aryl methyl sites for hydroxylation is 1. The third-order valence-corrected chi connectivity index (χ3v) is 3.68. The molecule has 0 aromatic heterocycles. The van der Waals surface area contributed by atoms with E-state index in [0.717, 1.165) is 25.1 Å². The molecular weight excluding hydrogens is 277 g/mol. The van der Waals surface area contributed by atoms with Crippen LogP contribution in [0.1, 0.15) is 23.6 Å². The van der Waals surface area contributed by atoms with Gasteiger partial charge in [-0.3, -0.25) is 0 Å². The summed E-state index contributed by atoms with van der Waals surface area (Å²) in [6, 6.07) is 14.3. The van der Waals surface area contributed by atoms with Crippen LogP contribution in [-0.2, 0) is 19.5 Å². The largest absolute Gasteiger partial charge is 0.309 e. The van der Waals surface area contributed by atoms with Crippen molar-refractivity contribution in [2.45, 2.75) is 26.4 Å². The van der Waals surface area contributed by atoms with Crippen LogP contribution >= 0.6 is 23.2 Å². The predicted octanol–water partition coefficient (Wildman–Crippen LogP) is 4.85. The van der Waals surface area contributed by atoms with Crippen molar-refractivity contribution in [2.75, 3.05) is 0 Å². The van der Waals surface area contributed by atoms with Crippen LogP contribution in [0.25, 0.3) is 0 Å². The quantitative estimate of drug-likeness (QED) is 0.831.